The fourth-order valence-corrected chi connectivity index (χ4v) is 7.40. The van der Waals surface area contributed by atoms with Gasteiger partial charge in [0.1, 0.15) is 15.6 Å². The van der Waals surface area contributed by atoms with Gasteiger partial charge in [-0.05, 0) is 48.9 Å². The predicted molar refractivity (Wildman–Crippen MR) is 164 cm³/mol. The van der Waals surface area contributed by atoms with Crippen molar-refractivity contribution in [3.63, 3.8) is 0 Å². The Morgan fingerprint density at radius 3 is 2.29 bits per heavy atom. The lowest BCUT2D eigenvalue weighted by Gasteiger charge is -2.28. The van der Waals surface area contributed by atoms with Crippen molar-refractivity contribution >= 4 is 62.9 Å². The second kappa shape index (κ2) is 11.5. The summed E-state index contributed by atoms with van der Waals surface area (Å²) in [5.74, 6) is -1.75. The summed E-state index contributed by atoms with van der Waals surface area (Å²) < 4.78 is 5.33. The largest absolute Gasteiger partial charge is 0.462 e. The number of esters is 1. The van der Waals surface area contributed by atoms with E-state index in [1.54, 1.807) is 6.92 Å². The highest BCUT2D eigenvalue weighted by atomic mass is 32.2. The van der Waals surface area contributed by atoms with Gasteiger partial charge >= 0.3 is 5.97 Å². The molecule has 7 nitrogen and oxygen atoms in total. The third-order valence-electron chi connectivity index (χ3n) is 6.86. The highest BCUT2D eigenvalue weighted by molar-refractivity contribution is 8.06. The van der Waals surface area contributed by atoms with Crippen molar-refractivity contribution < 1.29 is 23.9 Å². The predicted octanol–water partition coefficient (Wildman–Crippen LogP) is 7.07. The molecule has 9 heteroatoms. The summed E-state index contributed by atoms with van der Waals surface area (Å²) in [6.45, 7) is 7.15. The smallest absolute Gasteiger partial charge is 0.341 e. The molecule has 0 atom stereocenters. The van der Waals surface area contributed by atoms with E-state index in [1.165, 1.54) is 18.7 Å². The van der Waals surface area contributed by atoms with Crippen molar-refractivity contribution in [2.45, 2.75) is 40.5 Å². The highest BCUT2D eigenvalue weighted by Gasteiger charge is 2.39. The Balaban J connectivity index is 1.60. The minimum atomic E-state index is -0.653. The number of nitrogens with one attached hydrogen (secondary N) is 1. The van der Waals surface area contributed by atoms with Crippen molar-refractivity contribution in [1.82, 2.24) is 0 Å². The number of fused-ring (bicyclic) bond motifs is 1. The second-order valence-electron chi connectivity index (χ2n) is 10.6. The van der Waals surface area contributed by atoms with Gasteiger partial charge in [0.05, 0.1) is 22.7 Å². The van der Waals surface area contributed by atoms with Gasteiger partial charge in [-0.25, -0.2) is 4.79 Å². The van der Waals surface area contributed by atoms with Crippen LogP contribution in [0.5, 0.6) is 0 Å². The summed E-state index contributed by atoms with van der Waals surface area (Å²) in [5.41, 5.74) is 2.95. The fraction of sp³-hybridized carbons (Fsp3) is 0.250. The van der Waals surface area contributed by atoms with E-state index >= 15 is 0 Å². The Kier molecular flexibility index (Phi) is 8.02. The van der Waals surface area contributed by atoms with Gasteiger partial charge in [0.25, 0.3) is 5.91 Å². The average Bonchev–Trinajstić information content (AvgIpc) is 3.51. The normalized spacial score (nSPS) is 17.0. The molecular formula is C32H30N2O5S2. The van der Waals surface area contributed by atoms with E-state index in [-0.39, 0.29) is 33.9 Å². The number of carbonyl (C=O) groups is 4. The molecule has 0 unspecified atom stereocenters. The lowest BCUT2D eigenvalue weighted by molar-refractivity contribution is -0.118. The number of thiophene rings is 1. The van der Waals surface area contributed by atoms with Gasteiger partial charge in [-0.2, -0.15) is 0 Å². The monoisotopic (exact) mass is 586 g/mol. The first-order valence-corrected chi connectivity index (χ1v) is 15.0. The van der Waals surface area contributed by atoms with Crippen LogP contribution in [0.15, 0.2) is 76.7 Å². The summed E-state index contributed by atoms with van der Waals surface area (Å²) >= 11 is 2.36. The molecule has 0 spiro atoms. The molecule has 2 heterocycles. The molecule has 0 saturated carbocycles. The first-order chi connectivity index (χ1) is 19.6. The van der Waals surface area contributed by atoms with E-state index in [2.05, 4.69) is 5.32 Å². The topological polar surface area (TPSA) is 92.8 Å². The molecule has 1 amide bonds. The number of Topliss-reactive ketones (excluding diaryl/α,β-unsaturated/α-hetero) is 2. The number of rotatable bonds is 7. The Morgan fingerprint density at radius 2 is 1.66 bits per heavy atom. The molecule has 1 aliphatic carbocycles. The lowest BCUT2D eigenvalue weighted by atomic mass is 9.75. The van der Waals surface area contributed by atoms with Crippen LogP contribution in [-0.4, -0.2) is 30.0 Å². The van der Waals surface area contributed by atoms with Crippen LogP contribution in [0, 0.1) is 5.41 Å². The minimum Gasteiger partial charge on any atom is -0.462 e. The van der Waals surface area contributed by atoms with Crippen LogP contribution in [0.1, 0.15) is 65.3 Å². The Morgan fingerprint density at radius 1 is 1.00 bits per heavy atom. The molecule has 1 aliphatic heterocycles. The van der Waals surface area contributed by atoms with Crippen LogP contribution in [0.3, 0.4) is 0 Å². The Hall–Kier alpha value is -3.95. The molecule has 0 radical (unpaired) electrons. The molecule has 210 valence electrons. The number of anilines is 2. The van der Waals surface area contributed by atoms with Crippen molar-refractivity contribution in [1.29, 1.82) is 0 Å². The Labute approximate surface area is 247 Å². The average molecular weight is 587 g/mol. The van der Waals surface area contributed by atoms with Gasteiger partial charge in [-0.3, -0.25) is 14.4 Å². The van der Waals surface area contributed by atoms with Crippen LogP contribution in [-0.2, 0) is 20.7 Å². The van der Waals surface area contributed by atoms with Crippen LogP contribution >= 0.6 is 23.1 Å². The van der Waals surface area contributed by atoms with Crippen LogP contribution < -0.4 is 10.2 Å². The van der Waals surface area contributed by atoms with E-state index in [0.29, 0.717) is 28.3 Å². The molecular weight excluding hydrogens is 556 g/mol. The highest BCUT2D eigenvalue weighted by Crippen LogP contribution is 2.46. The fourth-order valence-electron chi connectivity index (χ4n) is 5.13. The standard InChI is InChI=1S/C32H30N2O5S2/c1-5-39-31(38)26-22-16-32(3,4)17-24(36)27(22)41-29(26)33-28(37)25(19(2)35)30-34(21-14-10-7-11-15-21)23(18-40-30)20-12-8-6-9-13-20/h6-15,18H,5,16-17H2,1-4H3,(H,33,37)/b30-25+. The zero-order chi connectivity index (χ0) is 29.3. The maximum Gasteiger partial charge on any atom is 0.341 e. The van der Waals surface area contributed by atoms with E-state index in [0.717, 1.165) is 28.3 Å². The van der Waals surface area contributed by atoms with Crippen molar-refractivity contribution in [3.05, 3.63) is 98.2 Å². The number of hydrogen-bond donors (Lipinski definition) is 1. The molecule has 5 rings (SSSR count). The molecule has 3 aromatic rings. The molecule has 0 bridgehead atoms. The van der Waals surface area contributed by atoms with Crippen molar-refractivity contribution in [2.24, 2.45) is 5.41 Å². The van der Waals surface area contributed by atoms with Crippen LogP contribution in [0.25, 0.3) is 5.70 Å². The summed E-state index contributed by atoms with van der Waals surface area (Å²) in [6.07, 6.45) is 0.840. The molecule has 2 aliphatic rings. The van der Waals surface area contributed by atoms with Crippen LogP contribution in [0.4, 0.5) is 10.7 Å². The summed E-state index contributed by atoms with van der Waals surface area (Å²) in [4.78, 5) is 55.5. The first kappa shape index (κ1) is 28.6. The number of para-hydroxylation sites is 1. The molecule has 0 fully saturated rings. The molecule has 2 aromatic carbocycles. The summed E-state index contributed by atoms with van der Waals surface area (Å²) in [6, 6.07) is 19.3. The first-order valence-electron chi connectivity index (χ1n) is 13.3. The zero-order valence-electron chi connectivity index (χ0n) is 23.3. The number of amides is 1. The maximum atomic E-state index is 13.9. The molecule has 1 N–H and O–H groups in total. The van der Waals surface area contributed by atoms with Gasteiger partial charge in [-0.1, -0.05) is 74.1 Å². The number of ketones is 2. The molecule has 41 heavy (non-hydrogen) atoms. The number of hydrogen-bond acceptors (Lipinski definition) is 8. The maximum absolute atomic E-state index is 13.9. The number of ether oxygens (including phenoxy) is 1. The van der Waals surface area contributed by atoms with Gasteiger partial charge in [-0.15, -0.1) is 11.3 Å². The van der Waals surface area contributed by atoms with Crippen LogP contribution in [0.2, 0.25) is 0 Å². The number of carbonyl (C=O) groups excluding carboxylic acids is 4. The number of benzene rings is 2. The number of nitrogens with zero attached hydrogens (tertiary/aromatic N) is 1. The zero-order valence-corrected chi connectivity index (χ0v) is 24.9. The third kappa shape index (κ3) is 5.64. The van der Waals surface area contributed by atoms with Gasteiger partial charge in [0.2, 0.25) is 0 Å². The SMILES string of the molecule is CCOC(=O)c1c(NC(=O)/C(C(C)=O)=C2/SC=C(c3ccccc3)N2c2ccccc2)sc2c1CC(C)(C)CC2=O. The van der Waals surface area contributed by atoms with E-state index < -0.39 is 17.7 Å². The van der Waals surface area contributed by atoms with Gasteiger partial charge < -0.3 is 15.0 Å². The quantitative estimate of drug-likeness (QED) is 0.137. The van der Waals surface area contributed by atoms with Gasteiger partial charge in [0, 0.05) is 17.5 Å². The van der Waals surface area contributed by atoms with Crippen molar-refractivity contribution in [2.75, 3.05) is 16.8 Å². The second-order valence-corrected chi connectivity index (χ2v) is 12.5. The lowest BCUT2D eigenvalue weighted by Crippen LogP contribution is -2.27. The summed E-state index contributed by atoms with van der Waals surface area (Å²) in [7, 11) is 0. The third-order valence-corrected chi connectivity index (χ3v) is 9.00. The minimum absolute atomic E-state index is 0.0473. The Bertz CT molecular complexity index is 1600. The number of thioether (sulfide) groups is 1. The molecule has 0 saturated heterocycles. The molecule has 1 aromatic heterocycles. The summed E-state index contributed by atoms with van der Waals surface area (Å²) in [5, 5.41) is 5.42. The van der Waals surface area contributed by atoms with E-state index in [4.69, 9.17) is 4.74 Å². The van der Waals surface area contributed by atoms with E-state index in [9.17, 15) is 19.2 Å². The van der Waals surface area contributed by atoms with Crippen molar-refractivity contribution in [3.8, 4) is 0 Å². The van der Waals surface area contributed by atoms with Gasteiger partial charge in [0.15, 0.2) is 11.6 Å². The van der Waals surface area contributed by atoms with E-state index in [1.807, 2.05) is 84.8 Å².